The normalized spacial score (nSPS) is 9.41. The molecule has 0 fully saturated rings. The zero-order valence-corrected chi connectivity index (χ0v) is 12.5. The number of nitrogen functional groups attached to an aromatic ring is 1. The van der Waals surface area contributed by atoms with Gasteiger partial charge in [0.2, 0.25) is 6.41 Å². The van der Waals surface area contributed by atoms with Crippen LogP contribution in [0.25, 0.3) is 0 Å². The number of hydrogen-bond acceptors (Lipinski definition) is 4. The summed E-state index contributed by atoms with van der Waals surface area (Å²) in [7, 11) is 3.19. The second-order valence-corrected chi connectivity index (χ2v) is 4.33. The van der Waals surface area contributed by atoms with Crippen LogP contribution >= 0.6 is 0 Å². The summed E-state index contributed by atoms with van der Waals surface area (Å²) in [6, 6.07) is 9.89. The predicted octanol–water partition coefficient (Wildman–Crippen LogP) is 2.12. The Morgan fingerprint density at radius 1 is 1.09 bits per heavy atom. The van der Waals surface area contributed by atoms with Crippen LogP contribution in [0.5, 0.6) is 11.5 Å². The molecule has 2 rings (SSSR count). The average molecular weight is 306 g/mol. The lowest BCUT2D eigenvalue weighted by Gasteiger charge is -2.11. The van der Waals surface area contributed by atoms with Crippen molar-refractivity contribution in [3.63, 3.8) is 0 Å². The summed E-state index contributed by atoms with van der Waals surface area (Å²) in [5.74, 6) is 1.12. The number of methoxy groups -OCH3 is 2. The largest absolute Gasteiger partial charge is 0.497 e. The summed E-state index contributed by atoms with van der Waals surface area (Å²) < 4.78 is 23.7. The third kappa shape index (κ3) is 4.66. The first-order chi connectivity index (χ1) is 10.5. The Bertz CT molecular complexity index is 633. The van der Waals surface area contributed by atoms with Gasteiger partial charge in [-0.25, -0.2) is 4.39 Å². The van der Waals surface area contributed by atoms with E-state index >= 15 is 0 Å². The SMILES string of the molecule is COc1ccc(Cc2cc(F)ccc2N)c(OC)c1.NC=O. The number of carbonyl (C=O) groups excluding carboxylic acids is 1. The maximum atomic E-state index is 13.2. The summed E-state index contributed by atoms with van der Waals surface area (Å²) >= 11 is 0. The van der Waals surface area contributed by atoms with Crippen LogP contribution in [0.1, 0.15) is 11.1 Å². The Labute approximate surface area is 128 Å². The number of benzene rings is 2. The Hall–Kier alpha value is -2.76. The van der Waals surface area contributed by atoms with E-state index in [1.54, 1.807) is 26.4 Å². The van der Waals surface area contributed by atoms with Crippen LogP contribution in [0.3, 0.4) is 0 Å². The van der Waals surface area contributed by atoms with E-state index in [-0.39, 0.29) is 12.2 Å². The molecule has 0 aliphatic carbocycles. The molecule has 4 N–H and O–H groups in total. The molecule has 2 aromatic rings. The zero-order chi connectivity index (χ0) is 16.5. The van der Waals surface area contributed by atoms with Gasteiger partial charge in [0.25, 0.3) is 0 Å². The monoisotopic (exact) mass is 306 g/mol. The molecule has 0 aliphatic rings. The first-order valence-electron chi connectivity index (χ1n) is 6.45. The Balaban J connectivity index is 0.000000745. The Morgan fingerprint density at radius 2 is 1.77 bits per heavy atom. The highest BCUT2D eigenvalue weighted by Gasteiger charge is 2.08. The van der Waals surface area contributed by atoms with E-state index in [0.717, 1.165) is 11.1 Å². The van der Waals surface area contributed by atoms with Gasteiger partial charge in [0.15, 0.2) is 0 Å². The summed E-state index contributed by atoms with van der Waals surface area (Å²) in [6.07, 6.45) is 0.761. The molecule has 2 aromatic carbocycles. The van der Waals surface area contributed by atoms with Crippen LogP contribution in [0.15, 0.2) is 36.4 Å². The molecule has 6 heteroatoms. The molecule has 22 heavy (non-hydrogen) atoms. The van der Waals surface area contributed by atoms with Crippen LogP contribution < -0.4 is 20.9 Å². The number of ether oxygens (including phenoxy) is 2. The van der Waals surface area contributed by atoms with Crippen LogP contribution in [-0.2, 0) is 11.2 Å². The minimum atomic E-state index is -0.295. The molecule has 1 amide bonds. The molecule has 0 atom stereocenters. The summed E-state index contributed by atoms with van der Waals surface area (Å²) in [6.45, 7) is 0. The molecule has 0 radical (unpaired) electrons. The lowest BCUT2D eigenvalue weighted by molar-refractivity contribution is -0.106. The second-order valence-electron chi connectivity index (χ2n) is 4.33. The smallest absolute Gasteiger partial charge is 0.204 e. The van der Waals surface area contributed by atoms with E-state index in [1.165, 1.54) is 12.1 Å². The van der Waals surface area contributed by atoms with Crippen molar-refractivity contribution in [3.05, 3.63) is 53.3 Å². The molecule has 0 aromatic heterocycles. The molecule has 0 spiro atoms. The van der Waals surface area contributed by atoms with Crippen molar-refractivity contribution in [1.82, 2.24) is 0 Å². The Kier molecular flexibility index (Phi) is 6.69. The van der Waals surface area contributed by atoms with E-state index in [1.807, 2.05) is 12.1 Å². The fourth-order valence-corrected chi connectivity index (χ4v) is 1.93. The number of halogens is 1. The fourth-order valence-electron chi connectivity index (χ4n) is 1.93. The van der Waals surface area contributed by atoms with Crippen LogP contribution in [-0.4, -0.2) is 20.6 Å². The highest BCUT2D eigenvalue weighted by molar-refractivity contribution is 5.51. The number of carbonyl (C=O) groups is 1. The van der Waals surface area contributed by atoms with Gasteiger partial charge in [-0.05, 0) is 35.4 Å². The third-order valence-electron chi connectivity index (χ3n) is 2.98. The molecule has 118 valence electrons. The van der Waals surface area contributed by atoms with Crippen LogP contribution in [0, 0.1) is 5.82 Å². The van der Waals surface area contributed by atoms with Gasteiger partial charge in [0, 0.05) is 18.2 Å². The fraction of sp³-hybridized carbons (Fsp3) is 0.188. The van der Waals surface area contributed by atoms with Gasteiger partial charge in [-0.3, -0.25) is 4.79 Å². The van der Waals surface area contributed by atoms with Gasteiger partial charge in [0.05, 0.1) is 14.2 Å². The van der Waals surface area contributed by atoms with Crippen molar-refractivity contribution in [2.45, 2.75) is 6.42 Å². The molecule has 0 aliphatic heterocycles. The van der Waals surface area contributed by atoms with Crippen molar-refractivity contribution in [1.29, 1.82) is 0 Å². The number of primary amides is 1. The van der Waals surface area contributed by atoms with Gasteiger partial charge in [0.1, 0.15) is 17.3 Å². The minimum Gasteiger partial charge on any atom is -0.497 e. The maximum Gasteiger partial charge on any atom is 0.204 e. The lowest BCUT2D eigenvalue weighted by atomic mass is 10.0. The number of hydrogen-bond donors (Lipinski definition) is 2. The maximum absolute atomic E-state index is 13.2. The van der Waals surface area contributed by atoms with Crippen LogP contribution in [0.4, 0.5) is 10.1 Å². The van der Waals surface area contributed by atoms with Crippen molar-refractivity contribution in [3.8, 4) is 11.5 Å². The van der Waals surface area contributed by atoms with E-state index in [2.05, 4.69) is 5.73 Å². The third-order valence-corrected chi connectivity index (χ3v) is 2.98. The van der Waals surface area contributed by atoms with E-state index < -0.39 is 0 Å². The van der Waals surface area contributed by atoms with E-state index in [4.69, 9.17) is 20.0 Å². The van der Waals surface area contributed by atoms with Gasteiger partial charge < -0.3 is 20.9 Å². The first-order valence-corrected chi connectivity index (χ1v) is 6.45. The van der Waals surface area contributed by atoms with Crippen molar-refractivity contribution < 1.29 is 18.7 Å². The summed E-state index contributed by atoms with van der Waals surface area (Å²) in [4.78, 5) is 8.58. The van der Waals surface area contributed by atoms with Crippen molar-refractivity contribution in [2.75, 3.05) is 20.0 Å². The zero-order valence-electron chi connectivity index (χ0n) is 12.5. The number of nitrogens with two attached hydrogens (primary N) is 2. The van der Waals surface area contributed by atoms with Gasteiger partial charge in [-0.1, -0.05) is 6.07 Å². The Morgan fingerprint density at radius 3 is 2.36 bits per heavy atom. The topological polar surface area (TPSA) is 87.6 Å². The second kappa shape index (κ2) is 8.51. The van der Waals surface area contributed by atoms with Gasteiger partial charge in [-0.2, -0.15) is 0 Å². The number of amides is 1. The molecular weight excluding hydrogens is 287 g/mol. The molecule has 0 saturated carbocycles. The minimum absolute atomic E-state index is 0.250. The quantitative estimate of drug-likeness (QED) is 0.669. The van der Waals surface area contributed by atoms with Gasteiger partial charge in [-0.15, -0.1) is 0 Å². The molecule has 0 bridgehead atoms. The number of anilines is 1. The van der Waals surface area contributed by atoms with Crippen molar-refractivity contribution >= 4 is 12.1 Å². The molecular formula is C16H19FN2O3. The summed E-state index contributed by atoms with van der Waals surface area (Å²) in [5, 5.41) is 0. The molecule has 0 saturated heterocycles. The highest BCUT2D eigenvalue weighted by Crippen LogP contribution is 2.28. The van der Waals surface area contributed by atoms with Gasteiger partial charge >= 0.3 is 0 Å². The lowest BCUT2D eigenvalue weighted by Crippen LogP contribution is -1.99. The average Bonchev–Trinajstić information content (AvgIpc) is 2.52. The van der Waals surface area contributed by atoms with E-state index in [9.17, 15) is 4.39 Å². The van der Waals surface area contributed by atoms with E-state index in [0.29, 0.717) is 23.6 Å². The molecule has 5 nitrogen and oxygen atoms in total. The molecule has 0 unspecified atom stereocenters. The van der Waals surface area contributed by atoms with Crippen LogP contribution in [0.2, 0.25) is 0 Å². The number of rotatable bonds is 4. The predicted molar refractivity (Wildman–Crippen MR) is 83.4 cm³/mol. The summed E-state index contributed by atoms with van der Waals surface area (Å²) in [5.41, 5.74) is 12.3. The highest BCUT2D eigenvalue weighted by atomic mass is 19.1. The standard InChI is InChI=1S/C15H16FNO2.CH3NO/c1-18-13-5-3-10(15(9-13)19-2)7-11-8-12(16)4-6-14(11)17;2-1-3/h3-6,8-9H,7,17H2,1-2H3;1H,(H2,2,3). The van der Waals surface area contributed by atoms with Crippen molar-refractivity contribution in [2.24, 2.45) is 5.73 Å². The first kappa shape index (κ1) is 17.3. The molecule has 0 heterocycles.